The van der Waals surface area contributed by atoms with Gasteiger partial charge in [0.1, 0.15) is 10.9 Å². The zero-order chi connectivity index (χ0) is 17.2. The largest absolute Gasteiger partial charge is 0.330 e. The van der Waals surface area contributed by atoms with Gasteiger partial charge in [0.05, 0.1) is 16.1 Å². The summed E-state index contributed by atoms with van der Waals surface area (Å²) in [6.07, 6.45) is 3.16. The van der Waals surface area contributed by atoms with Crippen LogP contribution in [0.3, 0.4) is 0 Å². The van der Waals surface area contributed by atoms with Gasteiger partial charge in [0.15, 0.2) is 5.78 Å². The molecule has 1 saturated carbocycles. The lowest BCUT2D eigenvalue weighted by Crippen LogP contribution is -2.02. The van der Waals surface area contributed by atoms with Crippen molar-refractivity contribution in [3.8, 4) is 0 Å². The standard InChI is InChI=1S/C19H19N3OS2.ClH/c20-10-9-13-7-8-17(25-13)16(23)11-24-19-14-3-1-2-4-15(14)21-18(22-19)12-5-6-12;/h1-4,7-8,12H,5-6,9-11,20H2;1H. The molecule has 4 nitrogen and oxygen atoms in total. The number of para-hydroxylation sites is 1. The Balaban J connectivity index is 0.00000196. The van der Waals surface area contributed by atoms with Gasteiger partial charge in [-0.2, -0.15) is 0 Å². The van der Waals surface area contributed by atoms with Gasteiger partial charge in [-0.3, -0.25) is 4.79 Å². The number of thiophene rings is 1. The molecule has 0 aliphatic heterocycles. The minimum Gasteiger partial charge on any atom is -0.330 e. The molecular weight excluding hydrogens is 386 g/mol. The fraction of sp³-hybridized carbons (Fsp3) is 0.316. The number of Topliss-reactive ketones (excluding diaryl/α,β-unsaturated/α-hetero) is 1. The van der Waals surface area contributed by atoms with E-state index in [1.807, 2.05) is 36.4 Å². The van der Waals surface area contributed by atoms with E-state index in [-0.39, 0.29) is 18.2 Å². The molecule has 1 aromatic carbocycles. The Morgan fingerprint density at radius 2 is 2.00 bits per heavy atom. The van der Waals surface area contributed by atoms with Crippen LogP contribution in [-0.4, -0.2) is 28.0 Å². The molecule has 0 saturated heterocycles. The summed E-state index contributed by atoms with van der Waals surface area (Å²) in [7, 11) is 0. The zero-order valence-electron chi connectivity index (χ0n) is 14.2. The Morgan fingerprint density at radius 1 is 1.19 bits per heavy atom. The highest BCUT2D eigenvalue weighted by molar-refractivity contribution is 8.00. The molecule has 2 N–H and O–H groups in total. The molecule has 4 rings (SSSR count). The molecule has 26 heavy (non-hydrogen) atoms. The number of thioether (sulfide) groups is 1. The van der Waals surface area contributed by atoms with Crippen molar-refractivity contribution in [2.75, 3.05) is 12.3 Å². The maximum atomic E-state index is 12.5. The molecule has 0 spiro atoms. The molecule has 3 aromatic rings. The van der Waals surface area contributed by atoms with E-state index in [2.05, 4.69) is 4.98 Å². The maximum absolute atomic E-state index is 12.5. The first-order chi connectivity index (χ1) is 12.2. The number of carbonyl (C=O) groups excluding carboxylic acids is 1. The van der Waals surface area contributed by atoms with Gasteiger partial charge in [0.2, 0.25) is 0 Å². The molecule has 2 heterocycles. The van der Waals surface area contributed by atoms with Gasteiger partial charge >= 0.3 is 0 Å². The van der Waals surface area contributed by atoms with Crippen molar-refractivity contribution in [1.29, 1.82) is 0 Å². The lowest BCUT2D eigenvalue weighted by atomic mass is 10.2. The van der Waals surface area contributed by atoms with Gasteiger partial charge in [0.25, 0.3) is 0 Å². The number of hydrogen-bond donors (Lipinski definition) is 1. The number of aromatic nitrogens is 2. The number of hydrogen-bond acceptors (Lipinski definition) is 6. The number of nitrogens with two attached hydrogens (primary N) is 1. The summed E-state index contributed by atoms with van der Waals surface area (Å²) in [5, 5.41) is 1.94. The topological polar surface area (TPSA) is 68.9 Å². The van der Waals surface area contributed by atoms with E-state index < -0.39 is 0 Å². The molecule has 0 amide bonds. The molecule has 0 unspecified atom stereocenters. The van der Waals surface area contributed by atoms with E-state index in [1.165, 1.54) is 29.5 Å². The summed E-state index contributed by atoms with van der Waals surface area (Å²) in [4.78, 5) is 23.9. The Hall–Kier alpha value is -1.47. The lowest BCUT2D eigenvalue weighted by Gasteiger charge is -2.07. The molecule has 0 radical (unpaired) electrons. The Kier molecular flexibility index (Phi) is 6.29. The number of benzene rings is 1. The van der Waals surface area contributed by atoms with Crippen LogP contribution in [0.2, 0.25) is 0 Å². The first-order valence-electron chi connectivity index (χ1n) is 8.46. The number of carbonyl (C=O) groups is 1. The second kappa shape index (κ2) is 8.48. The van der Waals surface area contributed by atoms with E-state index in [9.17, 15) is 4.79 Å². The summed E-state index contributed by atoms with van der Waals surface area (Å²) in [6.45, 7) is 0.611. The van der Waals surface area contributed by atoms with Crippen LogP contribution in [0.1, 0.15) is 39.1 Å². The highest BCUT2D eigenvalue weighted by Crippen LogP contribution is 2.39. The Morgan fingerprint density at radius 3 is 2.77 bits per heavy atom. The molecule has 1 aliphatic carbocycles. The SMILES string of the molecule is Cl.NCCc1ccc(C(=O)CSc2nc(C3CC3)nc3ccccc23)s1. The van der Waals surface area contributed by atoms with Gasteiger partial charge in [-0.25, -0.2) is 9.97 Å². The van der Waals surface area contributed by atoms with E-state index in [0.29, 0.717) is 18.2 Å². The van der Waals surface area contributed by atoms with Crippen LogP contribution < -0.4 is 5.73 Å². The monoisotopic (exact) mass is 405 g/mol. The van der Waals surface area contributed by atoms with E-state index >= 15 is 0 Å². The normalized spacial score (nSPS) is 13.6. The molecule has 136 valence electrons. The first kappa shape index (κ1) is 19.3. The number of halogens is 1. The molecule has 0 atom stereocenters. The third kappa shape index (κ3) is 4.26. The number of nitrogens with zero attached hydrogens (tertiary/aromatic N) is 2. The van der Waals surface area contributed by atoms with Crippen molar-refractivity contribution >= 4 is 52.2 Å². The molecular formula is C19H20ClN3OS2. The fourth-order valence-electron chi connectivity index (χ4n) is 2.71. The van der Waals surface area contributed by atoms with E-state index in [4.69, 9.17) is 10.7 Å². The first-order valence-corrected chi connectivity index (χ1v) is 10.3. The Bertz CT molecular complexity index is 924. The van der Waals surface area contributed by atoms with Crippen LogP contribution in [0.15, 0.2) is 41.4 Å². The van der Waals surface area contributed by atoms with Gasteiger partial charge in [-0.15, -0.1) is 23.7 Å². The fourth-order valence-corrected chi connectivity index (χ4v) is 4.67. The molecule has 7 heteroatoms. The third-order valence-corrected chi connectivity index (χ3v) is 6.37. The maximum Gasteiger partial charge on any atom is 0.183 e. The van der Waals surface area contributed by atoms with E-state index in [0.717, 1.165) is 33.1 Å². The number of rotatable bonds is 7. The van der Waals surface area contributed by atoms with Crippen molar-refractivity contribution in [3.63, 3.8) is 0 Å². The highest BCUT2D eigenvalue weighted by atomic mass is 35.5. The summed E-state index contributed by atoms with van der Waals surface area (Å²) in [5.74, 6) is 1.97. The van der Waals surface area contributed by atoms with Crippen LogP contribution in [0.5, 0.6) is 0 Å². The predicted octanol–water partition coefficient (Wildman–Crippen LogP) is 4.47. The average molecular weight is 406 g/mol. The van der Waals surface area contributed by atoms with Crippen LogP contribution in [0.25, 0.3) is 10.9 Å². The molecule has 1 aliphatic rings. The van der Waals surface area contributed by atoms with Crippen LogP contribution >= 0.6 is 35.5 Å². The smallest absolute Gasteiger partial charge is 0.183 e. The zero-order valence-corrected chi connectivity index (χ0v) is 16.6. The predicted molar refractivity (Wildman–Crippen MR) is 111 cm³/mol. The van der Waals surface area contributed by atoms with Crippen molar-refractivity contribution in [1.82, 2.24) is 9.97 Å². The minimum absolute atomic E-state index is 0. The summed E-state index contributed by atoms with van der Waals surface area (Å²) >= 11 is 3.06. The number of ketones is 1. The van der Waals surface area contributed by atoms with Gasteiger partial charge in [-0.1, -0.05) is 30.0 Å². The van der Waals surface area contributed by atoms with E-state index in [1.54, 1.807) is 11.3 Å². The number of fused-ring (bicyclic) bond motifs is 1. The van der Waals surface area contributed by atoms with Crippen molar-refractivity contribution in [2.24, 2.45) is 5.73 Å². The van der Waals surface area contributed by atoms with Crippen LogP contribution in [0, 0.1) is 0 Å². The third-order valence-electron chi connectivity index (χ3n) is 4.20. The molecule has 2 aromatic heterocycles. The highest BCUT2D eigenvalue weighted by Gasteiger charge is 2.27. The van der Waals surface area contributed by atoms with Gasteiger partial charge in [-0.05, 0) is 44.0 Å². The summed E-state index contributed by atoms with van der Waals surface area (Å²) in [5.41, 5.74) is 6.55. The average Bonchev–Trinajstić information content (AvgIpc) is 3.38. The van der Waals surface area contributed by atoms with Crippen LogP contribution in [0.4, 0.5) is 0 Å². The van der Waals surface area contributed by atoms with Crippen molar-refractivity contribution < 1.29 is 4.79 Å². The minimum atomic E-state index is 0. The Labute approximate surface area is 167 Å². The second-order valence-corrected chi connectivity index (χ2v) is 8.33. The molecule has 0 bridgehead atoms. The van der Waals surface area contributed by atoms with Gasteiger partial charge in [0, 0.05) is 16.2 Å². The van der Waals surface area contributed by atoms with Crippen LogP contribution in [-0.2, 0) is 6.42 Å². The van der Waals surface area contributed by atoms with Crippen molar-refractivity contribution in [3.05, 3.63) is 52.0 Å². The quantitative estimate of drug-likeness (QED) is 0.357. The molecule has 1 fully saturated rings. The summed E-state index contributed by atoms with van der Waals surface area (Å²) < 4.78 is 0. The van der Waals surface area contributed by atoms with Crippen molar-refractivity contribution in [2.45, 2.75) is 30.2 Å². The lowest BCUT2D eigenvalue weighted by molar-refractivity contribution is 0.102. The van der Waals surface area contributed by atoms with Gasteiger partial charge < -0.3 is 5.73 Å². The second-order valence-electron chi connectivity index (χ2n) is 6.19. The summed E-state index contributed by atoms with van der Waals surface area (Å²) in [6, 6.07) is 12.0.